The van der Waals surface area contributed by atoms with Gasteiger partial charge in [0.2, 0.25) is 0 Å². The number of allylic oxidation sites excluding steroid dienone is 1. The number of guanidine groups is 1. The zero-order valence-corrected chi connectivity index (χ0v) is 18.3. The predicted octanol–water partition coefficient (Wildman–Crippen LogP) is 3.22. The van der Waals surface area contributed by atoms with E-state index in [-0.39, 0.29) is 24.0 Å². The van der Waals surface area contributed by atoms with Crippen molar-refractivity contribution in [2.75, 3.05) is 47.9 Å². The van der Waals surface area contributed by atoms with E-state index in [1.54, 1.807) is 0 Å². The highest BCUT2D eigenvalue weighted by molar-refractivity contribution is 14.0. The first-order valence-electron chi connectivity index (χ1n) is 8.46. The molecule has 0 radical (unpaired) electrons. The molecule has 25 heavy (non-hydrogen) atoms. The normalized spacial score (nSPS) is 11.0. The van der Waals surface area contributed by atoms with Gasteiger partial charge in [-0.15, -0.1) is 30.6 Å². The van der Waals surface area contributed by atoms with Crippen molar-refractivity contribution < 1.29 is 4.74 Å². The van der Waals surface area contributed by atoms with Gasteiger partial charge in [-0.1, -0.05) is 24.3 Å². The van der Waals surface area contributed by atoms with Crippen LogP contribution in [-0.4, -0.2) is 63.6 Å². The summed E-state index contributed by atoms with van der Waals surface area (Å²) in [5, 5.41) is 3.41. The maximum absolute atomic E-state index is 5.91. The van der Waals surface area contributed by atoms with Gasteiger partial charge in [0.1, 0.15) is 12.4 Å². The Labute approximate surface area is 170 Å². The van der Waals surface area contributed by atoms with Crippen molar-refractivity contribution >= 4 is 29.9 Å². The van der Waals surface area contributed by atoms with Crippen molar-refractivity contribution in [3.8, 4) is 5.75 Å². The number of likely N-dealkylation sites (N-methyl/N-ethyl adjacent to an activating group) is 1. The smallest absolute Gasteiger partial charge is 0.193 e. The third-order valence-electron chi connectivity index (χ3n) is 3.68. The van der Waals surface area contributed by atoms with E-state index in [0.717, 1.165) is 43.2 Å². The fourth-order valence-corrected chi connectivity index (χ4v) is 2.27. The van der Waals surface area contributed by atoms with Gasteiger partial charge in [0, 0.05) is 39.3 Å². The highest BCUT2D eigenvalue weighted by atomic mass is 127. The number of hydrogen-bond donors (Lipinski definition) is 1. The Hall–Kier alpha value is -1.28. The number of ether oxygens (including phenoxy) is 1. The maximum atomic E-state index is 5.91. The van der Waals surface area contributed by atoms with E-state index in [2.05, 4.69) is 39.8 Å². The van der Waals surface area contributed by atoms with Crippen LogP contribution < -0.4 is 10.1 Å². The number of halogens is 1. The Kier molecular flexibility index (Phi) is 13.2. The molecule has 0 unspecified atom stereocenters. The number of hydrogen-bond acceptors (Lipinski definition) is 3. The van der Waals surface area contributed by atoms with Crippen molar-refractivity contribution in [3.05, 3.63) is 42.5 Å². The Balaban J connectivity index is 0.00000576. The average molecular weight is 460 g/mol. The van der Waals surface area contributed by atoms with Crippen LogP contribution in [0.5, 0.6) is 5.75 Å². The monoisotopic (exact) mass is 460 g/mol. The number of nitrogens with zero attached hydrogens (tertiary/aromatic N) is 3. The van der Waals surface area contributed by atoms with Gasteiger partial charge >= 0.3 is 0 Å². The number of unbranched alkanes of at least 4 members (excludes halogenated alkanes) is 1. The van der Waals surface area contributed by atoms with Crippen LogP contribution in [0.4, 0.5) is 0 Å². The van der Waals surface area contributed by atoms with Gasteiger partial charge in [-0.3, -0.25) is 4.99 Å². The Morgan fingerprint density at radius 2 is 1.96 bits per heavy atom. The second-order valence-electron chi connectivity index (χ2n) is 6.01. The largest absolute Gasteiger partial charge is 0.492 e. The van der Waals surface area contributed by atoms with Crippen LogP contribution >= 0.6 is 24.0 Å². The molecule has 0 atom stereocenters. The van der Waals surface area contributed by atoms with E-state index in [0.29, 0.717) is 13.2 Å². The zero-order valence-electron chi connectivity index (χ0n) is 16.0. The zero-order chi connectivity index (χ0) is 17.8. The van der Waals surface area contributed by atoms with Gasteiger partial charge in [-0.05, 0) is 33.0 Å². The molecule has 1 aromatic carbocycles. The number of benzene rings is 1. The lowest BCUT2D eigenvalue weighted by atomic mass is 10.2. The number of aliphatic imine (C=N–C) groups is 1. The molecule has 0 aliphatic heterocycles. The second kappa shape index (κ2) is 13.9. The van der Waals surface area contributed by atoms with Crippen LogP contribution in [0.25, 0.3) is 0 Å². The molecule has 0 aliphatic rings. The third kappa shape index (κ3) is 9.69. The molecule has 1 N–H and O–H groups in total. The summed E-state index contributed by atoms with van der Waals surface area (Å²) in [6.07, 6.45) is 4.04. The van der Waals surface area contributed by atoms with Crippen LogP contribution in [0.15, 0.2) is 41.9 Å². The van der Waals surface area contributed by atoms with Gasteiger partial charge in [0.05, 0.1) is 0 Å². The van der Waals surface area contributed by atoms with Gasteiger partial charge in [0.25, 0.3) is 0 Å². The molecule has 1 aromatic rings. The fraction of sp³-hybridized carbons (Fsp3) is 0.526. The lowest BCUT2D eigenvalue weighted by Gasteiger charge is -2.22. The molecule has 0 amide bonds. The van der Waals surface area contributed by atoms with Gasteiger partial charge in [-0.25, -0.2) is 0 Å². The van der Waals surface area contributed by atoms with Crippen LogP contribution in [0.2, 0.25) is 0 Å². The first-order valence-corrected chi connectivity index (χ1v) is 8.46. The van der Waals surface area contributed by atoms with E-state index in [1.807, 2.05) is 45.4 Å². The minimum atomic E-state index is 0. The van der Waals surface area contributed by atoms with E-state index in [9.17, 15) is 0 Å². The summed E-state index contributed by atoms with van der Waals surface area (Å²) in [7, 11) is 7.95. The molecule has 0 aromatic heterocycles. The molecule has 6 heteroatoms. The van der Waals surface area contributed by atoms with E-state index in [4.69, 9.17) is 4.74 Å². The summed E-state index contributed by atoms with van der Waals surface area (Å²) in [6, 6.07) is 8.14. The molecule has 142 valence electrons. The maximum Gasteiger partial charge on any atom is 0.193 e. The van der Waals surface area contributed by atoms with Crippen molar-refractivity contribution in [1.29, 1.82) is 0 Å². The minimum Gasteiger partial charge on any atom is -0.492 e. The molecule has 0 saturated carbocycles. The second-order valence-corrected chi connectivity index (χ2v) is 6.01. The molecule has 0 heterocycles. The number of rotatable bonds is 10. The van der Waals surface area contributed by atoms with Crippen LogP contribution in [0.1, 0.15) is 18.4 Å². The highest BCUT2D eigenvalue weighted by Crippen LogP contribution is 2.17. The molecular formula is C19H33IN4O. The Morgan fingerprint density at radius 3 is 2.60 bits per heavy atom. The third-order valence-corrected chi connectivity index (χ3v) is 3.68. The summed E-state index contributed by atoms with van der Waals surface area (Å²) >= 11 is 0. The van der Waals surface area contributed by atoms with E-state index >= 15 is 0 Å². The Bertz CT molecular complexity index is 520. The fourth-order valence-electron chi connectivity index (χ4n) is 2.27. The summed E-state index contributed by atoms with van der Waals surface area (Å²) < 4.78 is 5.91. The van der Waals surface area contributed by atoms with Crippen molar-refractivity contribution in [1.82, 2.24) is 15.1 Å². The SMILES string of the molecule is C=CCCCN(C)C(=NC)NCc1ccccc1OCCN(C)C.I. The predicted molar refractivity (Wildman–Crippen MR) is 118 cm³/mol. The van der Waals surface area contributed by atoms with E-state index < -0.39 is 0 Å². The summed E-state index contributed by atoms with van der Waals surface area (Å²) in [4.78, 5) is 8.60. The lowest BCUT2D eigenvalue weighted by molar-refractivity contribution is 0.259. The quantitative estimate of drug-likeness (QED) is 0.191. The molecule has 0 fully saturated rings. The first kappa shape index (κ1) is 23.7. The number of para-hydroxylation sites is 1. The van der Waals surface area contributed by atoms with Gasteiger partial charge < -0.3 is 19.9 Å². The first-order chi connectivity index (χ1) is 11.6. The molecule has 1 rings (SSSR count). The van der Waals surface area contributed by atoms with Crippen molar-refractivity contribution in [2.45, 2.75) is 19.4 Å². The van der Waals surface area contributed by atoms with Crippen LogP contribution in [0.3, 0.4) is 0 Å². The standard InChI is InChI=1S/C19H32N4O.HI/c1-6-7-10-13-23(5)19(20-2)21-16-17-11-8-9-12-18(17)24-15-14-22(3)4;/h6,8-9,11-12H,1,7,10,13-16H2,2-5H3,(H,20,21);1H. The lowest BCUT2D eigenvalue weighted by Crippen LogP contribution is -2.39. The van der Waals surface area contributed by atoms with Crippen molar-refractivity contribution in [2.24, 2.45) is 4.99 Å². The summed E-state index contributed by atoms with van der Waals surface area (Å²) in [6.45, 7) is 6.98. The van der Waals surface area contributed by atoms with Gasteiger partial charge in [-0.2, -0.15) is 0 Å². The molecule has 5 nitrogen and oxygen atoms in total. The van der Waals surface area contributed by atoms with E-state index in [1.165, 1.54) is 0 Å². The molecule has 0 spiro atoms. The van der Waals surface area contributed by atoms with Crippen LogP contribution in [-0.2, 0) is 6.54 Å². The number of nitrogens with one attached hydrogen (secondary N) is 1. The van der Waals surface area contributed by atoms with Gasteiger partial charge in [0.15, 0.2) is 5.96 Å². The topological polar surface area (TPSA) is 40.1 Å². The highest BCUT2D eigenvalue weighted by Gasteiger charge is 2.08. The molecule has 0 bridgehead atoms. The minimum absolute atomic E-state index is 0. The molecular weight excluding hydrogens is 427 g/mol. The average Bonchev–Trinajstić information content (AvgIpc) is 2.56. The van der Waals surface area contributed by atoms with Crippen LogP contribution in [0, 0.1) is 0 Å². The molecule has 0 aliphatic carbocycles. The van der Waals surface area contributed by atoms with Crippen molar-refractivity contribution in [3.63, 3.8) is 0 Å². The molecule has 0 saturated heterocycles. The summed E-state index contributed by atoms with van der Waals surface area (Å²) in [5.74, 6) is 1.82. The Morgan fingerprint density at radius 1 is 1.24 bits per heavy atom. The summed E-state index contributed by atoms with van der Waals surface area (Å²) in [5.41, 5.74) is 1.14.